The number of hydrogen-bond donors (Lipinski definition) is 0. The van der Waals surface area contributed by atoms with E-state index in [9.17, 15) is 0 Å². The summed E-state index contributed by atoms with van der Waals surface area (Å²) in [6, 6.07) is 30.6. The second kappa shape index (κ2) is 11.2. The summed E-state index contributed by atoms with van der Waals surface area (Å²) in [5.74, 6) is 0. The third-order valence-electron chi connectivity index (χ3n) is 6.57. The first-order valence-electron chi connectivity index (χ1n) is 12.6. The molecule has 5 aromatic rings. The predicted octanol–water partition coefficient (Wildman–Crippen LogP) is 9.61. The average molecular weight is 436 g/mol. The molecule has 0 amide bonds. The van der Waals surface area contributed by atoms with Crippen LogP contribution >= 0.6 is 0 Å². The molecule has 0 saturated carbocycles. The molecule has 0 unspecified atom stereocenters. The van der Waals surface area contributed by atoms with Gasteiger partial charge in [0.1, 0.15) is 0 Å². The Balaban J connectivity index is 0.000000196. The van der Waals surface area contributed by atoms with Gasteiger partial charge in [-0.15, -0.1) is 0 Å². The van der Waals surface area contributed by atoms with Crippen molar-refractivity contribution in [3.8, 4) is 0 Å². The van der Waals surface area contributed by atoms with Gasteiger partial charge in [-0.2, -0.15) is 0 Å². The summed E-state index contributed by atoms with van der Waals surface area (Å²) in [6.45, 7) is 7.71. The van der Waals surface area contributed by atoms with E-state index < -0.39 is 0 Å². The monoisotopic (exact) mass is 435 g/mol. The Morgan fingerprint density at radius 1 is 0.545 bits per heavy atom. The van der Waals surface area contributed by atoms with Gasteiger partial charge in [-0.25, -0.2) is 0 Å². The minimum absolute atomic E-state index is 1.14. The molecular weight excluding hydrogens is 398 g/mol. The van der Waals surface area contributed by atoms with E-state index in [-0.39, 0.29) is 0 Å². The molecule has 1 nitrogen and oxygen atoms in total. The number of hydrogen-bond acceptors (Lipinski definition) is 0. The van der Waals surface area contributed by atoms with Crippen LogP contribution in [0.4, 0.5) is 0 Å². The highest BCUT2D eigenvalue weighted by Crippen LogP contribution is 2.30. The number of para-hydroxylation sites is 1. The lowest BCUT2D eigenvalue weighted by atomic mass is 10.1. The van der Waals surface area contributed by atoms with Crippen molar-refractivity contribution in [2.45, 2.75) is 65.8 Å². The number of nitrogens with zero attached hydrogens (tertiary/aromatic N) is 1. The zero-order valence-corrected chi connectivity index (χ0v) is 20.5. The van der Waals surface area contributed by atoms with Gasteiger partial charge in [-0.05, 0) is 49.2 Å². The molecule has 0 aliphatic heterocycles. The molecule has 0 N–H and O–H groups in total. The third-order valence-corrected chi connectivity index (χ3v) is 6.57. The van der Waals surface area contributed by atoms with Gasteiger partial charge in [-0.1, -0.05) is 117 Å². The molecule has 1 heteroatoms. The maximum atomic E-state index is 2.52. The second-order valence-electron chi connectivity index (χ2n) is 9.31. The number of aromatic nitrogens is 1. The number of aryl methyl sites for hydroxylation is 3. The molecule has 0 radical (unpaired) electrons. The van der Waals surface area contributed by atoms with Crippen LogP contribution in [0.5, 0.6) is 0 Å². The first-order chi connectivity index (χ1) is 16.2. The smallest absolute Gasteiger partial charge is 0.0491 e. The minimum atomic E-state index is 1.14. The van der Waals surface area contributed by atoms with Gasteiger partial charge in [0.15, 0.2) is 0 Å². The molecule has 4 aromatic carbocycles. The van der Waals surface area contributed by atoms with Crippen LogP contribution in [0.3, 0.4) is 0 Å². The Labute approximate surface area is 199 Å². The molecule has 1 heterocycles. The zero-order valence-electron chi connectivity index (χ0n) is 20.5. The van der Waals surface area contributed by atoms with Crippen LogP contribution in [-0.4, -0.2) is 4.57 Å². The summed E-state index contributed by atoms with van der Waals surface area (Å²) in [7, 11) is 0. The highest BCUT2D eigenvalue weighted by atomic mass is 15.0. The molecule has 1 aromatic heterocycles. The third kappa shape index (κ3) is 5.66. The van der Waals surface area contributed by atoms with E-state index in [1.54, 1.807) is 0 Å². The van der Waals surface area contributed by atoms with Crippen molar-refractivity contribution in [3.63, 3.8) is 0 Å². The number of unbranched alkanes of at least 4 members (excludes halogenated alkanes) is 5. The van der Waals surface area contributed by atoms with E-state index in [1.807, 2.05) is 0 Å². The molecule has 33 heavy (non-hydrogen) atoms. The van der Waals surface area contributed by atoms with Crippen LogP contribution in [0.2, 0.25) is 0 Å². The van der Waals surface area contributed by atoms with Crippen LogP contribution in [0.25, 0.3) is 32.6 Å². The maximum absolute atomic E-state index is 2.52. The van der Waals surface area contributed by atoms with Gasteiger partial charge in [-0.3, -0.25) is 0 Å². The Bertz CT molecular complexity index is 1320. The van der Waals surface area contributed by atoms with E-state index in [4.69, 9.17) is 0 Å². The van der Waals surface area contributed by atoms with Crippen molar-refractivity contribution in [2.24, 2.45) is 0 Å². The van der Waals surface area contributed by atoms with Crippen LogP contribution in [0.15, 0.2) is 84.9 Å². The van der Waals surface area contributed by atoms with Crippen molar-refractivity contribution < 1.29 is 0 Å². The van der Waals surface area contributed by atoms with Gasteiger partial charge in [0.25, 0.3) is 0 Å². The topological polar surface area (TPSA) is 4.93 Å². The first kappa shape index (κ1) is 23.1. The van der Waals surface area contributed by atoms with Gasteiger partial charge >= 0.3 is 0 Å². The summed E-state index contributed by atoms with van der Waals surface area (Å²) in [4.78, 5) is 0. The quantitative estimate of drug-likeness (QED) is 0.224. The molecule has 0 fully saturated rings. The van der Waals surface area contributed by atoms with E-state index in [1.165, 1.54) is 82.2 Å². The lowest BCUT2D eigenvalue weighted by Gasteiger charge is -2.07. The Morgan fingerprint density at radius 2 is 1.18 bits per heavy atom. The Hall–Kier alpha value is -3.06. The highest BCUT2D eigenvalue weighted by molar-refractivity contribution is 6.08. The second-order valence-corrected chi connectivity index (χ2v) is 9.31. The SMILES string of the molecule is CCCCCCCCn1c2ccccc2c2cc(C)ccc21.Cc1ccc2ccccc2c1. The normalized spacial score (nSPS) is 11.1. The van der Waals surface area contributed by atoms with Crippen LogP contribution in [-0.2, 0) is 6.54 Å². The molecule has 0 saturated heterocycles. The van der Waals surface area contributed by atoms with Crippen molar-refractivity contribution in [1.82, 2.24) is 4.57 Å². The van der Waals surface area contributed by atoms with Gasteiger partial charge < -0.3 is 4.57 Å². The van der Waals surface area contributed by atoms with Crippen molar-refractivity contribution in [3.05, 3.63) is 96.1 Å². The molecule has 0 spiro atoms. The molecule has 0 bridgehead atoms. The predicted molar refractivity (Wildman–Crippen MR) is 146 cm³/mol. The lowest BCUT2D eigenvalue weighted by molar-refractivity contribution is 0.571. The standard InChI is InChI=1S/C21H27N.C11H10/c1-3-4-5-6-7-10-15-22-20-12-9-8-11-18(20)19-16-17(2)13-14-21(19)22;1-9-6-7-10-4-2-3-5-11(10)8-9/h8-9,11-14,16H,3-7,10,15H2,1-2H3;2-8H,1H3. The molecule has 0 atom stereocenters. The Morgan fingerprint density at radius 3 is 2.03 bits per heavy atom. The Kier molecular flexibility index (Phi) is 7.83. The summed E-state index contributed by atoms with van der Waals surface area (Å²) < 4.78 is 2.52. The number of rotatable bonds is 7. The first-order valence-corrected chi connectivity index (χ1v) is 12.6. The molecule has 5 rings (SSSR count). The van der Waals surface area contributed by atoms with Crippen molar-refractivity contribution >= 4 is 32.6 Å². The fourth-order valence-electron chi connectivity index (χ4n) is 4.77. The van der Waals surface area contributed by atoms with Crippen LogP contribution in [0, 0.1) is 13.8 Å². The summed E-state index contributed by atoms with van der Waals surface area (Å²) in [6.07, 6.45) is 8.11. The largest absolute Gasteiger partial charge is 0.340 e. The van der Waals surface area contributed by atoms with Crippen LogP contribution in [0.1, 0.15) is 56.6 Å². The summed E-state index contributed by atoms with van der Waals surface area (Å²) in [5, 5.41) is 5.44. The van der Waals surface area contributed by atoms with Crippen molar-refractivity contribution in [2.75, 3.05) is 0 Å². The van der Waals surface area contributed by atoms with Gasteiger partial charge in [0, 0.05) is 28.4 Å². The summed E-state index contributed by atoms with van der Waals surface area (Å²) >= 11 is 0. The lowest BCUT2D eigenvalue weighted by Crippen LogP contribution is -1.97. The number of fused-ring (bicyclic) bond motifs is 4. The molecular formula is C32H37N. The molecule has 0 aliphatic rings. The van der Waals surface area contributed by atoms with Crippen molar-refractivity contribution in [1.29, 1.82) is 0 Å². The molecule has 0 aliphatic carbocycles. The fraction of sp³-hybridized carbons (Fsp3) is 0.312. The van der Waals surface area contributed by atoms with E-state index in [2.05, 4.69) is 110 Å². The van der Waals surface area contributed by atoms with Gasteiger partial charge in [0.2, 0.25) is 0 Å². The van der Waals surface area contributed by atoms with E-state index >= 15 is 0 Å². The van der Waals surface area contributed by atoms with E-state index in [0.717, 1.165) is 6.54 Å². The summed E-state index contributed by atoms with van der Waals surface area (Å²) in [5.41, 5.74) is 5.44. The zero-order chi connectivity index (χ0) is 23.0. The average Bonchev–Trinajstić information content (AvgIpc) is 3.14. The van der Waals surface area contributed by atoms with Gasteiger partial charge in [0.05, 0.1) is 0 Å². The maximum Gasteiger partial charge on any atom is 0.0491 e. The molecule has 170 valence electrons. The van der Waals surface area contributed by atoms with Crippen LogP contribution < -0.4 is 0 Å². The highest BCUT2D eigenvalue weighted by Gasteiger charge is 2.09. The minimum Gasteiger partial charge on any atom is -0.340 e. The fourth-order valence-corrected chi connectivity index (χ4v) is 4.77. The van der Waals surface area contributed by atoms with E-state index in [0.29, 0.717) is 0 Å². The number of benzene rings is 4.